The summed E-state index contributed by atoms with van der Waals surface area (Å²) in [6.07, 6.45) is 7.82. The molecule has 21 heavy (non-hydrogen) atoms. The number of aliphatic hydroxyl groups is 1. The van der Waals surface area contributed by atoms with Gasteiger partial charge in [0.25, 0.3) is 5.91 Å². The third-order valence-electron chi connectivity index (χ3n) is 4.10. The van der Waals surface area contributed by atoms with Gasteiger partial charge in [-0.15, -0.1) is 0 Å². The molecule has 1 aliphatic carbocycles. The number of pyridine rings is 1. The van der Waals surface area contributed by atoms with Gasteiger partial charge in [0, 0.05) is 18.8 Å². The van der Waals surface area contributed by atoms with Gasteiger partial charge in [-0.25, -0.2) is 4.98 Å². The van der Waals surface area contributed by atoms with E-state index in [2.05, 4.69) is 10.3 Å². The van der Waals surface area contributed by atoms with E-state index in [1.54, 1.807) is 12.1 Å². The van der Waals surface area contributed by atoms with E-state index in [9.17, 15) is 9.90 Å². The third kappa shape index (κ3) is 4.27. The topological polar surface area (TPSA) is 86.0 Å². The van der Waals surface area contributed by atoms with Crippen LogP contribution < -0.4 is 5.32 Å². The molecule has 0 aromatic carbocycles. The quantitative estimate of drug-likeness (QED) is 0.867. The van der Waals surface area contributed by atoms with Gasteiger partial charge >= 0.3 is 0 Å². The molecule has 5 heteroatoms. The highest BCUT2D eigenvalue weighted by Crippen LogP contribution is 2.27. The van der Waals surface area contributed by atoms with E-state index in [-0.39, 0.29) is 18.6 Å². The molecule has 112 valence electrons. The average Bonchev–Trinajstić information content (AvgIpc) is 2.55. The molecule has 0 spiro atoms. The van der Waals surface area contributed by atoms with E-state index >= 15 is 0 Å². The van der Waals surface area contributed by atoms with E-state index in [0.717, 1.165) is 12.8 Å². The molecule has 1 atom stereocenters. The lowest BCUT2D eigenvalue weighted by Crippen LogP contribution is -2.42. The van der Waals surface area contributed by atoms with Crippen LogP contribution in [0.4, 0.5) is 0 Å². The van der Waals surface area contributed by atoms with Crippen molar-refractivity contribution in [3.63, 3.8) is 0 Å². The number of carbonyl (C=O) groups is 1. The molecule has 1 aliphatic rings. The zero-order valence-corrected chi connectivity index (χ0v) is 12.1. The number of aromatic nitrogens is 1. The number of carbonyl (C=O) groups excluding carboxylic acids is 1. The van der Waals surface area contributed by atoms with Crippen molar-refractivity contribution in [2.24, 2.45) is 5.92 Å². The summed E-state index contributed by atoms with van der Waals surface area (Å²) < 4.78 is 0. The van der Waals surface area contributed by atoms with Gasteiger partial charge in [0.2, 0.25) is 0 Å². The van der Waals surface area contributed by atoms with Crippen LogP contribution in [0.25, 0.3) is 0 Å². The van der Waals surface area contributed by atoms with Crippen molar-refractivity contribution >= 4 is 5.91 Å². The molecule has 1 aromatic rings. The molecular formula is C16H21N3O2. The normalized spacial score (nSPS) is 17.0. The Morgan fingerprint density at radius 1 is 1.43 bits per heavy atom. The molecule has 0 saturated heterocycles. The van der Waals surface area contributed by atoms with E-state index in [4.69, 9.17) is 5.26 Å². The van der Waals surface area contributed by atoms with Crippen LogP contribution in [0.15, 0.2) is 18.3 Å². The number of nitrogens with zero attached hydrogens (tertiary/aromatic N) is 2. The first-order valence-electron chi connectivity index (χ1n) is 7.52. The standard InChI is InChI=1S/C16H21N3O2/c17-10-12-6-7-15(18-11-12)16(21)19-14(8-9-20)13-4-2-1-3-5-13/h6-7,11,13-14,20H,1-5,8-9H2,(H,19,21). The largest absolute Gasteiger partial charge is 0.396 e. The summed E-state index contributed by atoms with van der Waals surface area (Å²) in [4.78, 5) is 16.2. The SMILES string of the molecule is N#Cc1ccc(C(=O)NC(CCO)C2CCCCC2)nc1. The summed E-state index contributed by atoms with van der Waals surface area (Å²) in [5.41, 5.74) is 0.749. The molecule has 1 aromatic heterocycles. The highest BCUT2D eigenvalue weighted by atomic mass is 16.3. The molecular weight excluding hydrogens is 266 g/mol. The summed E-state index contributed by atoms with van der Waals surface area (Å²) in [5, 5.41) is 20.9. The summed E-state index contributed by atoms with van der Waals surface area (Å²) in [6, 6.07) is 5.13. The Hall–Kier alpha value is -1.93. The van der Waals surface area contributed by atoms with Gasteiger partial charge in [-0.05, 0) is 37.3 Å². The van der Waals surface area contributed by atoms with Crippen molar-refractivity contribution in [2.45, 2.75) is 44.6 Å². The minimum Gasteiger partial charge on any atom is -0.396 e. The molecule has 2 rings (SSSR count). The van der Waals surface area contributed by atoms with Crippen molar-refractivity contribution in [2.75, 3.05) is 6.61 Å². The van der Waals surface area contributed by atoms with Crippen LogP contribution in [0, 0.1) is 17.2 Å². The van der Waals surface area contributed by atoms with Gasteiger partial charge in [0.1, 0.15) is 11.8 Å². The van der Waals surface area contributed by atoms with Crippen LogP contribution >= 0.6 is 0 Å². The predicted molar refractivity (Wildman–Crippen MR) is 78.5 cm³/mol. The molecule has 1 amide bonds. The van der Waals surface area contributed by atoms with Crippen LogP contribution in [0.5, 0.6) is 0 Å². The summed E-state index contributed by atoms with van der Waals surface area (Å²) >= 11 is 0. The summed E-state index contributed by atoms with van der Waals surface area (Å²) in [7, 11) is 0. The van der Waals surface area contributed by atoms with Gasteiger partial charge < -0.3 is 10.4 Å². The lowest BCUT2D eigenvalue weighted by molar-refractivity contribution is 0.0894. The van der Waals surface area contributed by atoms with Crippen LogP contribution in [0.3, 0.4) is 0 Å². The Balaban J connectivity index is 2.01. The Morgan fingerprint density at radius 3 is 2.76 bits per heavy atom. The van der Waals surface area contributed by atoms with Crippen molar-refractivity contribution in [1.82, 2.24) is 10.3 Å². The Morgan fingerprint density at radius 2 is 2.19 bits per heavy atom. The maximum absolute atomic E-state index is 12.2. The second kappa shape index (κ2) is 7.75. The van der Waals surface area contributed by atoms with E-state index in [1.807, 2.05) is 6.07 Å². The smallest absolute Gasteiger partial charge is 0.270 e. The maximum Gasteiger partial charge on any atom is 0.270 e. The van der Waals surface area contributed by atoms with Gasteiger partial charge in [0.15, 0.2) is 0 Å². The zero-order chi connectivity index (χ0) is 15.1. The lowest BCUT2D eigenvalue weighted by Gasteiger charge is -2.30. The molecule has 1 unspecified atom stereocenters. The number of hydrogen-bond acceptors (Lipinski definition) is 4. The average molecular weight is 287 g/mol. The Kier molecular flexibility index (Phi) is 5.70. The van der Waals surface area contributed by atoms with Gasteiger partial charge in [-0.1, -0.05) is 19.3 Å². The predicted octanol–water partition coefficient (Wildman–Crippen LogP) is 2.01. The molecule has 0 bridgehead atoms. The molecule has 2 N–H and O–H groups in total. The van der Waals surface area contributed by atoms with Crippen LogP contribution in [-0.2, 0) is 0 Å². The second-order valence-electron chi connectivity index (χ2n) is 5.53. The monoisotopic (exact) mass is 287 g/mol. The molecule has 1 saturated carbocycles. The van der Waals surface area contributed by atoms with Gasteiger partial charge in [-0.2, -0.15) is 5.26 Å². The fourth-order valence-corrected chi connectivity index (χ4v) is 2.94. The maximum atomic E-state index is 12.2. The minimum atomic E-state index is -0.233. The fraction of sp³-hybridized carbons (Fsp3) is 0.562. The summed E-state index contributed by atoms with van der Waals surface area (Å²) in [5.74, 6) is 0.205. The van der Waals surface area contributed by atoms with E-state index in [0.29, 0.717) is 23.6 Å². The molecule has 1 fully saturated rings. The Bertz CT molecular complexity index is 501. The number of aliphatic hydroxyl groups excluding tert-OH is 1. The highest BCUT2D eigenvalue weighted by Gasteiger charge is 2.25. The highest BCUT2D eigenvalue weighted by molar-refractivity contribution is 5.92. The number of nitriles is 1. The van der Waals surface area contributed by atoms with Crippen LogP contribution in [-0.4, -0.2) is 28.6 Å². The second-order valence-corrected chi connectivity index (χ2v) is 5.53. The fourth-order valence-electron chi connectivity index (χ4n) is 2.94. The number of nitrogens with one attached hydrogen (secondary N) is 1. The molecule has 0 radical (unpaired) electrons. The van der Waals surface area contributed by atoms with E-state index in [1.165, 1.54) is 25.5 Å². The first-order chi connectivity index (χ1) is 10.2. The molecule has 5 nitrogen and oxygen atoms in total. The number of rotatable bonds is 5. The van der Waals surface area contributed by atoms with Gasteiger partial charge in [0.05, 0.1) is 5.56 Å². The first kappa shape index (κ1) is 15.5. The van der Waals surface area contributed by atoms with Crippen molar-refractivity contribution in [1.29, 1.82) is 5.26 Å². The zero-order valence-electron chi connectivity index (χ0n) is 12.1. The summed E-state index contributed by atoms with van der Waals surface area (Å²) in [6.45, 7) is 0.0717. The Labute approximate surface area is 125 Å². The van der Waals surface area contributed by atoms with Gasteiger partial charge in [-0.3, -0.25) is 4.79 Å². The molecule has 1 heterocycles. The van der Waals surface area contributed by atoms with Crippen molar-refractivity contribution in [3.05, 3.63) is 29.6 Å². The van der Waals surface area contributed by atoms with Crippen LogP contribution in [0.2, 0.25) is 0 Å². The lowest BCUT2D eigenvalue weighted by atomic mass is 9.82. The molecule has 0 aliphatic heterocycles. The third-order valence-corrected chi connectivity index (χ3v) is 4.10. The minimum absolute atomic E-state index is 0.000225. The number of hydrogen-bond donors (Lipinski definition) is 2. The van der Waals surface area contributed by atoms with Crippen molar-refractivity contribution in [3.8, 4) is 6.07 Å². The first-order valence-corrected chi connectivity index (χ1v) is 7.52. The van der Waals surface area contributed by atoms with E-state index < -0.39 is 0 Å². The number of amides is 1. The van der Waals surface area contributed by atoms with Crippen LogP contribution in [0.1, 0.15) is 54.6 Å². The van der Waals surface area contributed by atoms with Crippen molar-refractivity contribution < 1.29 is 9.90 Å².